The molecule has 8 nitrogen and oxygen atoms in total. The van der Waals surface area contributed by atoms with Crippen molar-refractivity contribution in [3.05, 3.63) is 54.0 Å². The number of nitrogens with one attached hydrogen (secondary N) is 1. The van der Waals surface area contributed by atoms with Gasteiger partial charge in [-0.25, -0.2) is 12.7 Å². The summed E-state index contributed by atoms with van der Waals surface area (Å²) in [5.74, 6) is -0.729. The number of hydrogen-bond donors (Lipinski definition) is 1. The van der Waals surface area contributed by atoms with Crippen molar-refractivity contribution in [2.75, 3.05) is 29.7 Å². The van der Waals surface area contributed by atoms with E-state index in [1.807, 2.05) is 12.1 Å². The summed E-state index contributed by atoms with van der Waals surface area (Å²) < 4.78 is 30.8. The highest BCUT2D eigenvalue weighted by molar-refractivity contribution is 7.94. The smallest absolute Gasteiger partial charge is 0.251 e. The maximum atomic E-state index is 12.6. The molecular formula is C21H27N3O5S. The second-order valence-corrected chi connectivity index (χ2v) is 9.15. The summed E-state index contributed by atoms with van der Waals surface area (Å²) in [4.78, 5) is 27.0. The van der Waals surface area contributed by atoms with Crippen LogP contribution in [0.1, 0.15) is 42.9 Å². The van der Waals surface area contributed by atoms with Gasteiger partial charge in [0.05, 0.1) is 29.7 Å². The Labute approximate surface area is 176 Å². The van der Waals surface area contributed by atoms with E-state index in [0.717, 1.165) is 23.2 Å². The Balaban J connectivity index is 1.71. The predicted molar refractivity (Wildman–Crippen MR) is 114 cm³/mol. The number of benzene rings is 1. The third-order valence-electron chi connectivity index (χ3n) is 5.31. The van der Waals surface area contributed by atoms with Crippen molar-refractivity contribution in [2.24, 2.45) is 5.92 Å². The van der Waals surface area contributed by atoms with Gasteiger partial charge >= 0.3 is 0 Å². The van der Waals surface area contributed by atoms with Crippen molar-refractivity contribution < 1.29 is 22.4 Å². The van der Waals surface area contributed by atoms with Gasteiger partial charge in [0.25, 0.3) is 5.91 Å². The molecule has 3 rings (SSSR count). The van der Waals surface area contributed by atoms with Gasteiger partial charge in [-0.15, -0.1) is 0 Å². The molecule has 0 spiro atoms. The maximum absolute atomic E-state index is 12.6. The Hall–Kier alpha value is -2.65. The van der Waals surface area contributed by atoms with Gasteiger partial charge in [0.1, 0.15) is 5.76 Å². The molecule has 1 aromatic carbocycles. The van der Waals surface area contributed by atoms with E-state index in [0.29, 0.717) is 12.1 Å². The first-order valence-corrected chi connectivity index (χ1v) is 11.6. The standard InChI is InChI=1S/C21H27N3O5S/c1-4-23(5-2)18(19-7-6-12-29-19)13-22-20(25)16-8-10-17(11-9-16)24-21(26)15(3)14-30(24,27)28/h6-12,15,18H,4-5,13-14H2,1-3H3,(H,22,25). The van der Waals surface area contributed by atoms with Gasteiger partial charge in [0.15, 0.2) is 0 Å². The van der Waals surface area contributed by atoms with E-state index in [1.54, 1.807) is 13.2 Å². The molecule has 1 N–H and O–H groups in total. The van der Waals surface area contributed by atoms with Gasteiger partial charge in [-0.2, -0.15) is 0 Å². The predicted octanol–water partition coefficient (Wildman–Crippen LogP) is 2.41. The number of likely N-dealkylation sites (N-methyl/N-ethyl adjacent to an activating group) is 1. The molecule has 1 fully saturated rings. The minimum Gasteiger partial charge on any atom is -0.468 e. The van der Waals surface area contributed by atoms with Crippen LogP contribution in [0, 0.1) is 5.92 Å². The Morgan fingerprint density at radius 3 is 2.40 bits per heavy atom. The first-order chi connectivity index (χ1) is 14.3. The molecule has 2 amide bonds. The number of furan rings is 1. The van der Waals surface area contributed by atoms with Crippen LogP contribution in [0.5, 0.6) is 0 Å². The number of carbonyl (C=O) groups excluding carboxylic acids is 2. The number of hydrogen-bond acceptors (Lipinski definition) is 6. The van der Waals surface area contributed by atoms with E-state index in [1.165, 1.54) is 24.3 Å². The highest BCUT2D eigenvalue weighted by Gasteiger charge is 2.41. The third kappa shape index (κ3) is 4.41. The number of sulfonamides is 1. The van der Waals surface area contributed by atoms with Crippen LogP contribution in [0.25, 0.3) is 0 Å². The van der Waals surface area contributed by atoms with E-state index in [4.69, 9.17) is 4.42 Å². The summed E-state index contributed by atoms with van der Waals surface area (Å²) in [7, 11) is -3.67. The summed E-state index contributed by atoms with van der Waals surface area (Å²) in [6.45, 7) is 7.68. The van der Waals surface area contributed by atoms with Crippen LogP contribution < -0.4 is 9.62 Å². The first kappa shape index (κ1) is 22.0. The minimum atomic E-state index is -3.67. The second-order valence-electron chi connectivity index (χ2n) is 7.29. The van der Waals surface area contributed by atoms with E-state index in [2.05, 4.69) is 24.1 Å². The normalized spacial score (nSPS) is 19.3. The molecule has 0 aliphatic carbocycles. The van der Waals surface area contributed by atoms with Crippen LogP contribution in [0.2, 0.25) is 0 Å². The third-order valence-corrected chi connectivity index (χ3v) is 7.17. The molecule has 1 aromatic heterocycles. The maximum Gasteiger partial charge on any atom is 0.251 e. The summed E-state index contributed by atoms with van der Waals surface area (Å²) >= 11 is 0. The quantitative estimate of drug-likeness (QED) is 0.686. The lowest BCUT2D eigenvalue weighted by Crippen LogP contribution is -2.38. The molecule has 2 atom stereocenters. The van der Waals surface area contributed by atoms with Crippen molar-refractivity contribution in [2.45, 2.75) is 26.8 Å². The van der Waals surface area contributed by atoms with E-state index >= 15 is 0 Å². The van der Waals surface area contributed by atoms with Crippen molar-refractivity contribution >= 4 is 27.5 Å². The summed E-state index contributed by atoms with van der Waals surface area (Å²) in [6.07, 6.45) is 1.61. The van der Waals surface area contributed by atoms with Gasteiger partial charge in [-0.05, 0) is 49.5 Å². The minimum absolute atomic E-state index is 0.0907. The van der Waals surface area contributed by atoms with Crippen LogP contribution in [0.4, 0.5) is 5.69 Å². The fourth-order valence-electron chi connectivity index (χ4n) is 3.68. The van der Waals surface area contributed by atoms with Crippen LogP contribution >= 0.6 is 0 Å². The Morgan fingerprint density at radius 1 is 1.23 bits per heavy atom. The second kappa shape index (κ2) is 9.01. The molecule has 0 saturated carbocycles. The molecule has 2 heterocycles. The molecule has 9 heteroatoms. The molecule has 30 heavy (non-hydrogen) atoms. The van der Waals surface area contributed by atoms with Gasteiger partial charge in [0, 0.05) is 12.1 Å². The molecule has 1 saturated heterocycles. The SMILES string of the molecule is CCN(CC)C(CNC(=O)c1ccc(N2C(=O)C(C)CS2(=O)=O)cc1)c1ccco1. The fourth-order valence-corrected chi connectivity index (χ4v) is 5.50. The molecule has 0 bridgehead atoms. The topological polar surface area (TPSA) is 99.9 Å². The van der Waals surface area contributed by atoms with Gasteiger partial charge in [-0.1, -0.05) is 20.8 Å². The summed E-state index contributed by atoms with van der Waals surface area (Å²) in [5.41, 5.74) is 0.631. The van der Waals surface area contributed by atoms with Gasteiger partial charge in [0.2, 0.25) is 15.9 Å². The van der Waals surface area contributed by atoms with Crippen LogP contribution in [-0.4, -0.2) is 50.5 Å². The number of amides is 2. The lowest BCUT2D eigenvalue weighted by Gasteiger charge is -2.28. The first-order valence-electron chi connectivity index (χ1n) is 10.0. The fraction of sp³-hybridized carbons (Fsp3) is 0.429. The zero-order chi connectivity index (χ0) is 21.9. The lowest BCUT2D eigenvalue weighted by atomic mass is 10.1. The highest BCUT2D eigenvalue weighted by Crippen LogP contribution is 2.28. The number of rotatable bonds is 8. The van der Waals surface area contributed by atoms with E-state index in [9.17, 15) is 18.0 Å². The molecule has 2 aromatic rings. The number of anilines is 1. The number of nitrogens with zero attached hydrogens (tertiary/aromatic N) is 2. The Bertz CT molecular complexity index is 982. The molecule has 1 aliphatic heterocycles. The zero-order valence-electron chi connectivity index (χ0n) is 17.4. The van der Waals surface area contributed by atoms with Gasteiger partial charge in [-0.3, -0.25) is 14.5 Å². The summed E-state index contributed by atoms with van der Waals surface area (Å²) in [5, 5.41) is 2.92. The number of carbonyl (C=O) groups is 2. The van der Waals surface area contributed by atoms with E-state index < -0.39 is 21.8 Å². The van der Waals surface area contributed by atoms with Crippen molar-refractivity contribution in [1.29, 1.82) is 0 Å². The van der Waals surface area contributed by atoms with Crippen molar-refractivity contribution in [1.82, 2.24) is 10.2 Å². The highest BCUT2D eigenvalue weighted by atomic mass is 32.2. The van der Waals surface area contributed by atoms with Gasteiger partial charge < -0.3 is 9.73 Å². The molecule has 162 valence electrons. The Kier molecular flexibility index (Phi) is 6.62. The average molecular weight is 434 g/mol. The lowest BCUT2D eigenvalue weighted by molar-refractivity contribution is -0.119. The average Bonchev–Trinajstić information content (AvgIpc) is 3.31. The summed E-state index contributed by atoms with van der Waals surface area (Å²) in [6, 6.07) is 9.63. The van der Waals surface area contributed by atoms with Crippen LogP contribution in [-0.2, 0) is 14.8 Å². The largest absolute Gasteiger partial charge is 0.468 e. The molecule has 1 aliphatic rings. The van der Waals surface area contributed by atoms with E-state index in [-0.39, 0.29) is 23.4 Å². The molecular weight excluding hydrogens is 406 g/mol. The molecule has 0 radical (unpaired) electrons. The van der Waals surface area contributed by atoms with Crippen LogP contribution in [0.15, 0.2) is 47.1 Å². The monoisotopic (exact) mass is 433 g/mol. The van der Waals surface area contributed by atoms with Crippen molar-refractivity contribution in [3.8, 4) is 0 Å². The van der Waals surface area contributed by atoms with Crippen LogP contribution in [0.3, 0.4) is 0 Å². The van der Waals surface area contributed by atoms with Crippen molar-refractivity contribution in [3.63, 3.8) is 0 Å². The molecule has 2 unspecified atom stereocenters. The Morgan fingerprint density at radius 2 is 1.90 bits per heavy atom. The zero-order valence-corrected chi connectivity index (χ0v) is 18.2.